The number of fused-ring (bicyclic) bond motifs is 1. The number of nitrogens with one attached hydrogen (secondary N) is 1. The van der Waals surface area contributed by atoms with Gasteiger partial charge in [-0.05, 0) is 26.0 Å². The van der Waals surface area contributed by atoms with Crippen LogP contribution in [0.3, 0.4) is 0 Å². The van der Waals surface area contributed by atoms with E-state index in [0.29, 0.717) is 26.2 Å². The SMILES string of the molecule is CNCC1CN(c2c(F)cc3c(=O)c(C(=O)O)cn(C4CC4)c3c2F)CCO1. The Kier molecular flexibility index (Phi) is 4.80. The molecule has 0 amide bonds. The molecule has 2 heterocycles. The van der Waals surface area contributed by atoms with Crippen molar-refractivity contribution in [2.24, 2.45) is 0 Å². The lowest BCUT2D eigenvalue weighted by molar-refractivity contribution is 0.0417. The minimum Gasteiger partial charge on any atom is -0.477 e. The molecule has 2 fully saturated rings. The number of aromatic nitrogens is 1. The number of hydrogen-bond donors (Lipinski definition) is 2. The third-order valence-corrected chi connectivity index (χ3v) is 5.24. The van der Waals surface area contributed by atoms with Crippen LogP contribution in [0.1, 0.15) is 29.2 Å². The van der Waals surface area contributed by atoms with Crippen LogP contribution < -0.4 is 15.6 Å². The van der Waals surface area contributed by atoms with Gasteiger partial charge >= 0.3 is 5.97 Å². The molecule has 4 rings (SSSR count). The van der Waals surface area contributed by atoms with E-state index in [-0.39, 0.29) is 28.7 Å². The van der Waals surface area contributed by atoms with Gasteiger partial charge < -0.3 is 24.6 Å². The lowest BCUT2D eigenvalue weighted by Crippen LogP contribution is -2.47. The molecule has 0 radical (unpaired) electrons. The molecule has 1 aliphatic heterocycles. The fourth-order valence-corrected chi connectivity index (χ4v) is 3.79. The van der Waals surface area contributed by atoms with E-state index in [2.05, 4.69) is 5.32 Å². The summed E-state index contributed by atoms with van der Waals surface area (Å²) in [5.74, 6) is -3.12. The van der Waals surface area contributed by atoms with Crippen molar-refractivity contribution >= 4 is 22.6 Å². The van der Waals surface area contributed by atoms with Crippen molar-refractivity contribution in [3.05, 3.63) is 39.7 Å². The van der Waals surface area contributed by atoms with Crippen LogP contribution in [-0.4, -0.2) is 55.0 Å². The monoisotopic (exact) mass is 393 g/mol. The molecular formula is C19H21F2N3O4. The summed E-state index contributed by atoms with van der Waals surface area (Å²) in [4.78, 5) is 25.5. The van der Waals surface area contributed by atoms with Crippen molar-refractivity contribution in [2.75, 3.05) is 38.2 Å². The molecular weight excluding hydrogens is 372 g/mol. The zero-order chi connectivity index (χ0) is 20.0. The Labute approximate surface area is 159 Å². The summed E-state index contributed by atoms with van der Waals surface area (Å²) in [6, 6.07) is 0.875. The first kappa shape index (κ1) is 18.8. The van der Waals surface area contributed by atoms with Gasteiger partial charge in [-0.2, -0.15) is 0 Å². The predicted molar refractivity (Wildman–Crippen MR) is 99.2 cm³/mol. The standard InChI is InChI=1S/C19H21F2N3O4/c1-22-7-11-8-23(4-5-28-11)17-14(20)6-12-16(15(17)21)24(10-2-3-10)9-13(18(12)25)19(26)27/h6,9-11,22H,2-5,7-8H2,1H3,(H,26,27). The van der Waals surface area contributed by atoms with E-state index < -0.39 is 28.6 Å². The Morgan fingerprint density at radius 3 is 2.79 bits per heavy atom. The average Bonchev–Trinajstić information content (AvgIpc) is 3.48. The number of halogens is 2. The fourth-order valence-electron chi connectivity index (χ4n) is 3.79. The number of ether oxygens (including phenoxy) is 1. The van der Waals surface area contributed by atoms with Gasteiger partial charge in [-0.25, -0.2) is 13.6 Å². The molecule has 2 aromatic rings. The molecule has 0 bridgehead atoms. The van der Waals surface area contributed by atoms with Crippen molar-refractivity contribution in [3.63, 3.8) is 0 Å². The van der Waals surface area contributed by atoms with Gasteiger partial charge in [0.2, 0.25) is 5.43 Å². The highest BCUT2D eigenvalue weighted by atomic mass is 19.1. The molecule has 1 atom stereocenters. The number of benzene rings is 1. The Hall–Kier alpha value is -2.52. The van der Waals surface area contributed by atoms with Crippen LogP contribution in [0, 0.1) is 11.6 Å². The summed E-state index contributed by atoms with van der Waals surface area (Å²) in [5, 5.41) is 12.0. The fraction of sp³-hybridized carbons (Fsp3) is 0.474. The Morgan fingerprint density at radius 2 is 2.14 bits per heavy atom. The number of carboxylic acid groups (broad SMARTS) is 1. The summed E-state index contributed by atoms with van der Waals surface area (Å²) in [6.45, 7) is 1.50. The van der Waals surface area contributed by atoms with Crippen LogP contribution in [-0.2, 0) is 4.74 Å². The number of morpholine rings is 1. The normalized spacial score (nSPS) is 20.0. The molecule has 1 saturated carbocycles. The number of pyridine rings is 1. The van der Waals surface area contributed by atoms with Gasteiger partial charge in [-0.1, -0.05) is 0 Å². The Balaban J connectivity index is 1.90. The van der Waals surface area contributed by atoms with Gasteiger partial charge in [0, 0.05) is 31.9 Å². The second-order valence-electron chi connectivity index (χ2n) is 7.23. The molecule has 0 spiro atoms. The first-order chi connectivity index (χ1) is 13.4. The molecule has 1 saturated heterocycles. The summed E-state index contributed by atoms with van der Waals surface area (Å²) < 4.78 is 37.5. The Morgan fingerprint density at radius 1 is 1.39 bits per heavy atom. The molecule has 28 heavy (non-hydrogen) atoms. The summed E-state index contributed by atoms with van der Waals surface area (Å²) >= 11 is 0. The highest BCUT2D eigenvalue weighted by molar-refractivity contribution is 5.94. The highest BCUT2D eigenvalue weighted by Gasteiger charge is 2.32. The Bertz CT molecular complexity index is 1000. The first-order valence-corrected chi connectivity index (χ1v) is 9.23. The van der Waals surface area contributed by atoms with Gasteiger partial charge in [0.05, 0.1) is 23.6 Å². The minimum atomic E-state index is -1.41. The third-order valence-electron chi connectivity index (χ3n) is 5.24. The van der Waals surface area contributed by atoms with Crippen LogP contribution in [0.5, 0.6) is 0 Å². The minimum absolute atomic E-state index is 0.0365. The number of carboxylic acids is 1. The molecule has 1 aromatic carbocycles. The zero-order valence-electron chi connectivity index (χ0n) is 15.4. The average molecular weight is 393 g/mol. The summed E-state index contributed by atoms with van der Waals surface area (Å²) in [7, 11) is 1.77. The number of carbonyl (C=O) groups is 1. The van der Waals surface area contributed by atoms with Crippen LogP contribution in [0.15, 0.2) is 17.1 Å². The predicted octanol–water partition coefficient (Wildman–Crippen LogP) is 1.74. The number of rotatable bonds is 5. The van der Waals surface area contributed by atoms with Crippen molar-refractivity contribution in [1.82, 2.24) is 9.88 Å². The lowest BCUT2D eigenvalue weighted by atomic mass is 10.1. The summed E-state index contributed by atoms with van der Waals surface area (Å²) in [6.07, 6.45) is 2.47. The van der Waals surface area contributed by atoms with E-state index >= 15 is 4.39 Å². The molecule has 1 unspecified atom stereocenters. The van der Waals surface area contributed by atoms with E-state index in [9.17, 15) is 19.1 Å². The van der Waals surface area contributed by atoms with Crippen molar-refractivity contribution < 1.29 is 23.4 Å². The van der Waals surface area contributed by atoms with Gasteiger partial charge in [-0.15, -0.1) is 0 Å². The maximum Gasteiger partial charge on any atom is 0.341 e. The smallest absolute Gasteiger partial charge is 0.341 e. The lowest BCUT2D eigenvalue weighted by Gasteiger charge is -2.35. The van der Waals surface area contributed by atoms with Crippen LogP contribution in [0.4, 0.5) is 14.5 Å². The molecule has 2 N–H and O–H groups in total. The number of aromatic carboxylic acids is 1. The van der Waals surface area contributed by atoms with Crippen LogP contribution >= 0.6 is 0 Å². The first-order valence-electron chi connectivity index (χ1n) is 9.23. The van der Waals surface area contributed by atoms with E-state index in [1.54, 1.807) is 11.9 Å². The topological polar surface area (TPSA) is 83.8 Å². The van der Waals surface area contributed by atoms with Gasteiger partial charge in [0.1, 0.15) is 17.1 Å². The van der Waals surface area contributed by atoms with Gasteiger partial charge in [0.15, 0.2) is 5.82 Å². The summed E-state index contributed by atoms with van der Waals surface area (Å²) in [5.41, 5.74) is -1.59. The maximum atomic E-state index is 15.5. The highest BCUT2D eigenvalue weighted by Crippen LogP contribution is 2.39. The van der Waals surface area contributed by atoms with E-state index in [1.165, 1.54) is 10.8 Å². The largest absolute Gasteiger partial charge is 0.477 e. The van der Waals surface area contributed by atoms with Crippen molar-refractivity contribution in [1.29, 1.82) is 0 Å². The zero-order valence-corrected chi connectivity index (χ0v) is 15.4. The van der Waals surface area contributed by atoms with Crippen LogP contribution in [0.25, 0.3) is 10.9 Å². The molecule has 7 nitrogen and oxygen atoms in total. The molecule has 9 heteroatoms. The maximum absolute atomic E-state index is 15.5. The number of likely N-dealkylation sites (N-methyl/N-ethyl adjacent to an activating group) is 1. The second kappa shape index (κ2) is 7.14. The van der Waals surface area contributed by atoms with Crippen molar-refractivity contribution in [3.8, 4) is 0 Å². The molecule has 1 aliphatic carbocycles. The quantitative estimate of drug-likeness (QED) is 0.805. The number of nitrogens with zero attached hydrogens (tertiary/aromatic N) is 2. The van der Waals surface area contributed by atoms with Gasteiger partial charge in [0.25, 0.3) is 0 Å². The second-order valence-corrected chi connectivity index (χ2v) is 7.23. The molecule has 2 aliphatic rings. The van der Waals surface area contributed by atoms with E-state index in [0.717, 1.165) is 18.9 Å². The molecule has 1 aromatic heterocycles. The molecule has 150 valence electrons. The third kappa shape index (κ3) is 3.14. The number of hydrogen-bond acceptors (Lipinski definition) is 5. The van der Waals surface area contributed by atoms with E-state index in [1.807, 2.05) is 0 Å². The van der Waals surface area contributed by atoms with Crippen LogP contribution in [0.2, 0.25) is 0 Å². The number of anilines is 1. The van der Waals surface area contributed by atoms with Gasteiger partial charge in [-0.3, -0.25) is 4.79 Å². The van der Waals surface area contributed by atoms with E-state index in [4.69, 9.17) is 4.74 Å². The van der Waals surface area contributed by atoms with Crippen molar-refractivity contribution in [2.45, 2.75) is 25.0 Å².